The molecule has 126 valence electrons. The Morgan fingerprint density at radius 3 is 3.00 bits per heavy atom. The Balaban J connectivity index is 1.71. The average molecular weight is 351 g/mol. The smallest absolute Gasteiger partial charge is 0.212 e. The topological polar surface area (TPSA) is 68.6 Å². The summed E-state index contributed by atoms with van der Waals surface area (Å²) in [4.78, 5) is 16.0. The number of aromatic nitrogens is 2. The standard InChI is InChI=1S/C16H16ClFN4O2/c1-10-2-4-14(16(21-10)11-3-5-15(18)19-7-11)23-9-13-6-12(8-20-17)22-24-13/h2-5,7,13,20H,6,8-9H2,1H3. The fraction of sp³-hybridized carbons (Fsp3) is 0.312. The molecule has 1 unspecified atom stereocenters. The number of aryl methyl sites for hydroxylation is 1. The predicted octanol–water partition coefficient (Wildman–Crippen LogP) is 2.86. The lowest BCUT2D eigenvalue weighted by Crippen LogP contribution is -2.21. The van der Waals surface area contributed by atoms with Crippen LogP contribution in [0.2, 0.25) is 0 Å². The van der Waals surface area contributed by atoms with Crippen LogP contribution in [-0.2, 0) is 4.84 Å². The summed E-state index contributed by atoms with van der Waals surface area (Å²) in [6.07, 6.45) is 1.90. The van der Waals surface area contributed by atoms with E-state index in [0.29, 0.717) is 36.6 Å². The summed E-state index contributed by atoms with van der Waals surface area (Å²) in [6.45, 7) is 2.67. The van der Waals surface area contributed by atoms with Gasteiger partial charge < -0.3 is 9.57 Å². The molecule has 0 aromatic carbocycles. The zero-order valence-electron chi connectivity index (χ0n) is 13.0. The van der Waals surface area contributed by atoms with Gasteiger partial charge in [0.25, 0.3) is 0 Å². The number of hydrogen-bond acceptors (Lipinski definition) is 6. The normalized spacial score (nSPS) is 16.6. The molecule has 1 N–H and O–H groups in total. The fourth-order valence-corrected chi connectivity index (χ4v) is 2.48. The molecule has 0 amide bonds. The molecule has 24 heavy (non-hydrogen) atoms. The average Bonchev–Trinajstić information content (AvgIpc) is 3.02. The number of rotatable bonds is 6. The molecule has 2 aromatic heterocycles. The van der Waals surface area contributed by atoms with Crippen LogP contribution in [-0.4, -0.2) is 34.9 Å². The Kier molecular flexibility index (Phi) is 5.22. The van der Waals surface area contributed by atoms with Crippen molar-refractivity contribution in [1.29, 1.82) is 0 Å². The lowest BCUT2D eigenvalue weighted by atomic mass is 10.1. The van der Waals surface area contributed by atoms with Gasteiger partial charge in [-0.15, -0.1) is 0 Å². The van der Waals surface area contributed by atoms with Gasteiger partial charge in [0.2, 0.25) is 5.95 Å². The molecular weight excluding hydrogens is 335 g/mol. The van der Waals surface area contributed by atoms with Crippen LogP contribution in [0, 0.1) is 12.9 Å². The van der Waals surface area contributed by atoms with Gasteiger partial charge in [0.05, 0.1) is 12.3 Å². The molecule has 1 aliphatic rings. The largest absolute Gasteiger partial charge is 0.487 e. The minimum absolute atomic E-state index is 0.175. The van der Waals surface area contributed by atoms with Gasteiger partial charge in [-0.25, -0.2) is 14.8 Å². The number of halogens is 2. The van der Waals surface area contributed by atoms with Gasteiger partial charge in [0.1, 0.15) is 18.1 Å². The van der Waals surface area contributed by atoms with Crippen molar-refractivity contribution in [2.45, 2.75) is 19.4 Å². The molecular formula is C16H16ClFN4O2. The molecule has 1 aliphatic heterocycles. The van der Waals surface area contributed by atoms with Gasteiger partial charge >= 0.3 is 0 Å². The highest BCUT2D eigenvalue weighted by Crippen LogP contribution is 2.28. The number of pyridine rings is 2. The van der Waals surface area contributed by atoms with Crippen molar-refractivity contribution in [3.8, 4) is 17.0 Å². The molecule has 0 spiro atoms. The second kappa shape index (κ2) is 7.55. The molecule has 2 aromatic rings. The molecule has 0 saturated carbocycles. The van der Waals surface area contributed by atoms with Crippen LogP contribution in [0.5, 0.6) is 5.75 Å². The molecule has 0 fully saturated rings. The van der Waals surface area contributed by atoms with E-state index in [2.05, 4.69) is 20.0 Å². The minimum atomic E-state index is -0.536. The molecule has 0 saturated heterocycles. The molecule has 6 nitrogen and oxygen atoms in total. The summed E-state index contributed by atoms with van der Waals surface area (Å²) in [5.41, 5.74) is 2.97. The van der Waals surface area contributed by atoms with Gasteiger partial charge in [-0.05, 0) is 43.0 Å². The third kappa shape index (κ3) is 3.98. The zero-order valence-corrected chi connectivity index (χ0v) is 13.8. The van der Waals surface area contributed by atoms with Crippen LogP contribution in [0.1, 0.15) is 12.1 Å². The second-order valence-corrected chi connectivity index (χ2v) is 5.65. The summed E-state index contributed by atoms with van der Waals surface area (Å²) >= 11 is 5.46. The third-order valence-electron chi connectivity index (χ3n) is 3.49. The quantitative estimate of drug-likeness (QED) is 0.641. The zero-order chi connectivity index (χ0) is 16.9. The first-order chi connectivity index (χ1) is 11.7. The number of nitrogens with one attached hydrogen (secondary N) is 1. The maximum absolute atomic E-state index is 13.0. The Morgan fingerprint density at radius 2 is 2.25 bits per heavy atom. The molecule has 1 atom stereocenters. The van der Waals surface area contributed by atoms with E-state index in [9.17, 15) is 4.39 Å². The molecule has 0 aliphatic carbocycles. The van der Waals surface area contributed by atoms with Gasteiger partial charge in [0, 0.05) is 23.9 Å². The van der Waals surface area contributed by atoms with Gasteiger partial charge in [-0.3, -0.25) is 0 Å². The highest BCUT2D eigenvalue weighted by molar-refractivity contribution is 6.14. The first kappa shape index (κ1) is 16.6. The molecule has 0 radical (unpaired) electrons. The maximum atomic E-state index is 13.0. The lowest BCUT2D eigenvalue weighted by molar-refractivity contribution is 0.0471. The van der Waals surface area contributed by atoms with Crippen LogP contribution >= 0.6 is 11.8 Å². The SMILES string of the molecule is Cc1ccc(OCC2CC(CNCl)=NO2)c(-c2ccc(F)nc2)n1. The predicted molar refractivity (Wildman–Crippen MR) is 88.4 cm³/mol. The van der Waals surface area contributed by atoms with E-state index in [1.54, 1.807) is 6.07 Å². The number of hydrogen-bond donors (Lipinski definition) is 1. The highest BCUT2D eigenvalue weighted by atomic mass is 35.5. The Labute approximate surface area is 143 Å². The summed E-state index contributed by atoms with van der Waals surface area (Å²) in [5.74, 6) is 0.0485. The van der Waals surface area contributed by atoms with Crippen molar-refractivity contribution in [2.75, 3.05) is 13.2 Å². The van der Waals surface area contributed by atoms with Crippen molar-refractivity contribution in [1.82, 2.24) is 14.8 Å². The van der Waals surface area contributed by atoms with Crippen LogP contribution in [0.25, 0.3) is 11.3 Å². The molecule has 3 heterocycles. The van der Waals surface area contributed by atoms with Gasteiger partial charge in [-0.2, -0.15) is 4.39 Å². The molecule has 8 heteroatoms. The van der Waals surface area contributed by atoms with Crippen molar-refractivity contribution >= 4 is 17.5 Å². The first-order valence-corrected chi connectivity index (χ1v) is 7.81. The second-order valence-electron chi connectivity index (χ2n) is 5.38. The highest BCUT2D eigenvalue weighted by Gasteiger charge is 2.22. The van der Waals surface area contributed by atoms with Crippen LogP contribution < -0.4 is 9.57 Å². The third-order valence-corrected chi connectivity index (χ3v) is 3.62. The fourth-order valence-electron chi connectivity index (χ4n) is 2.32. The van der Waals surface area contributed by atoms with E-state index in [0.717, 1.165) is 11.4 Å². The van der Waals surface area contributed by atoms with E-state index >= 15 is 0 Å². The van der Waals surface area contributed by atoms with Crippen molar-refractivity contribution in [3.63, 3.8) is 0 Å². The monoisotopic (exact) mass is 350 g/mol. The summed E-state index contributed by atoms with van der Waals surface area (Å²) < 4.78 is 18.9. The van der Waals surface area contributed by atoms with Crippen LogP contribution in [0.3, 0.4) is 0 Å². The summed E-state index contributed by atoms with van der Waals surface area (Å²) in [5, 5.41) is 3.95. The van der Waals surface area contributed by atoms with Crippen molar-refractivity contribution in [2.24, 2.45) is 5.16 Å². The number of oxime groups is 1. The number of ether oxygens (including phenoxy) is 1. The Morgan fingerprint density at radius 1 is 1.38 bits per heavy atom. The van der Waals surface area contributed by atoms with Crippen molar-refractivity contribution < 1.29 is 14.0 Å². The van der Waals surface area contributed by atoms with Crippen molar-refractivity contribution in [3.05, 3.63) is 42.1 Å². The first-order valence-electron chi connectivity index (χ1n) is 7.43. The lowest BCUT2D eigenvalue weighted by Gasteiger charge is -2.14. The minimum Gasteiger partial charge on any atom is -0.487 e. The van der Waals surface area contributed by atoms with E-state index in [1.165, 1.54) is 12.3 Å². The van der Waals surface area contributed by atoms with E-state index in [1.807, 2.05) is 19.1 Å². The summed E-state index contributed by atoms with van der Waals surface area (Å²) in [7, 11) is 0. The Bertz CT molecular complexity index is 739. The van der Waals surface area contributed by atoms with Crippen LogP contribution in [0.15, 0.2) is 35.6 Å². The molecule has 0 bridgehead atoms. The Hall–Kier alpha value is -2.25. The van der Waals surface area contributed by atoms with Gasteiger partial charge in [-0.1, -0.05) is 5.16 Å². The molecule has 3 rings (SSSR count). The maximum Gasteiger partial charge on any atom is 0.212 e. The van der Waals surface area contributed by atoms with E-state index < -0.39 is 5.95 Å². The van der Waals surface area contributed by atoms with E-state index in [4.69, 9.17) is 21.4 Å². The van der Waals surface area contributed by atoms with Crippen LogP contribution in [0.4, 0.5) is 4.39 Å². The number of nitrogens with zero attached hydrogens (tertiary/aromatic N) is 3. The van der Waals surface area contributed by atoms with Gasteiger partial charge in [0.15, 0.2) is 6.10 Å². The summed E-state index contributed by atoms with van der Waals surface area (Å²) in [6, 6.07) is 6.60. The van der Waals surface area contributed by atoms with E-state index in [-0.39, 0.29) is 6.10 Å².